The van der Waals surface area contributed by atoms with E-state index in [0.29, 0.717) is 28.8 Å². The highest BCUT2D eigenvalue weighted by Gasteiger charge is 2.28. The Kier molecular flexibility index (Phi) is 3.96. The van der Waals surface area contributed by atoms with Crippen LogP contribution in [0.15, 0.2) is 42.5 Å². The fourth-order valence-electron chi connectivity index (χ4n) is 3.05. The lowest BCUT2D eigenvalue weighted by atomic mass is 9.98. The Balaban J connectivity index is 1.56. The van der Waals surface area contributed by atoms with E-state index in [1.807, 2.05) is 18.2 Å². The van der Waals surface area contributed by atoms with Crippen LogP contribution in [-0.4, -0.2) is 17.0 Å². The van der Waals surface area contributed by atoms with Gasteiger partial charge in [0.2, 0.25) is 0 Å². The van der Waals surface area contributed by atoms with E-state index in [-0.39, 0.29) is 5.97 Å². The maximum Gasteiger partial charge on any atom is 0.328 e. The molecule has 6 heteroatoms. The van der Waals surface area contributed by atoms with Crippen molar-refractivity contribution in [1.29, 1.82) is 0 Å². The summed E-state index contributed by atoms with van der Waals surface area (Å²) < 4.78 is 5.44. The molecule has 0 saturated heterocycles. The van der Waals surface area contributed by atoms with Gasteiger partial charge in [-0.15, -0.1) is 0 Å². The highest BCUT2D eigenvalue weighted by Crippen LogP contribution is 2.30. The van der Waals surface area contributed by atoms with Crippen LogP contribution in [0.2, 0.25) is 10.0 Å². The van der Waals surface area contributed by atoms with Gasteiger partial charge in [-0.05, 0) is 29.8 Å². The van der Waals surface area contributed by atoms with Crippen LogP contribution in [0.5, 0.6) is 5.75 Å². The average molecular weight is 361 g/mol. The maximum absolute atomic E-state index is 12.5. The van der Waals surface area contributed by atoms with Gasteiger partial charge >= 0.3 is 5.97 Å². The van der Waals surface area contributed by atoms with Crippen molar-refractivity contribution in [2.24, 2.45) is 0 Å². The van der Waals surface area contributed by atoms with Crippen molar-refractivity contribution in [2.45, 2.75) is 19.0 Å². The van der Waals surface area contributed by atoms with Gasteiger partial charge in [0.1, 0.15) is 11.8 Å². The van der Waals surface area contributed by atoms with E-state index in [1.54, 1.807) is 18.2 Å². The molecule has 0 fully saturated rings. The van der Waals surface area contributed by atoms with Crippen molar-refractivity contribution in [1.82, 2.24) is 10.3 Å². The number of aromatic nitrogens is 1. The first-order valence-electron chi connectivity index (χ1n) is 7.60. The number of nitrogens with one attached hydrogen (secondary N) is 2. The summed E-state index contributed by atoms with van der Waals surface area (Å²) in [6, 6.07) is 12.5. The van der Waals surface area contributed by atoms with Crippen LogP contribution in [0.25, 0.3) is 10.9 Å². The highest BCUT2D eigenvalue weighted by atomic mass is 35.5. The molecule has 0 amide bonds. The Morgan fingerprint density at radius 3 is 2.83 bits per heavy atom. The van der Waals surface area contributed by atoms with E-state index in [2.05, 4.69) is 16.4 Å². The molecule has 24 heavy (non-hydrogen) atoms. The first-order valence-corrected chi connectivity index (χ1v) is 8.36. The molecule has 1 unspecified atom stereocenters. The van der Waals surface area contributed by atoms with E-state index < -0.39 is 6.04 Å². The van der Waals surface area contributed by atoms with Crippen molar-refractivity contribution >= 4 is 40.1 Å². The molecule has 0 saturated carbocycles. The van der Waals surface area contributed by atoms with Crippen LogP contribution in [0.3, 0.4) is 0 Å². The van der Waals surface area contributed by atoms with Crippen LogP contribution >= 0.6 is 23.2 Å². The van der Waals surface area contributed by atoms with E-state index in [9.17, 15) is 4.79 Å². The molecule has 2 aromatic carbocycles. The number of fused-ring (bicyclic) bond motifs is 3. The van der Waals surface area contributed by atoms with Crippen LogP contribution < -0.4 is 10.1 Å². The van der Waals surface area contributed by atoms with Gasteiger partial charge < -0.3 is 9.72 Å². The van der Waals surface area contributed by atoms with Gasteiger partial charge in [0.05, 0.1) is 5.02 Å². The third-order valence-corrected chi connectivity index (χ3v) is 4.75. The highest BCUT2D eigenvalue weighted by molar-refractivity contribution is 6.35. The lowest BCUT2D eigenvalue weighted by molar-refractivity contribution is -0.136. The molecular weight excluding hydrogens is 347 g/mol. The van der Waals surface area contributed by atoms with Gasteiger partial charge in [-0.25, -0.2) is 4.79 Å². The summed E-state index contributed by atoms with van der Waals surface area (Å²) in [5.41, 5.74) is 3.36. The zero-order valence-electron chi connectivity index (χ0n) is 12.6. The van der Waals surface area contributed by atoms with Crippen LogP contribution in [0.1, 0.15) is 11.3 Å². The van der Waals surface area contributed by atoms with Crippen molar-refractivity contribution in [2.75, 3.05) is 0 Å². The summed E-state index contributed by atoms with van der Waals surface area (Å²) in [7, 11) is 0. The van der Waals surface area contributed by atoms with Gasteiger partial charge in [0, 0.05) is 34.6 Å². The SMILES string of the molecule is O=C(Oc1ccc(Cl)cc1Cl)C1Cc2c([nH]c3ccccc23)CN1. The summed E-state index contributed by atoms with van der Waals surface area (Å²) in [6.45, 7) is 0.595. The Hall–Kier alpha value is -2.01. The molecule has 2 heterocycles. The number of hydrogen-bond donors (Lipinski definition) is 2. The number of H-pyrrole nitrogens is 1. The van der Waals surface area contributed by atoms with Gasteiger partial charge in [0.15, 0.2) is 0 Å². The summed E-state index contributed by atoms with van der Waals surface area (Å²) >= 11 is 11.9. The Labute approximate surface area is 148 Å². The first kappa shape index (κ1) is 15.5. The number of halogens is 2. The summed E-state index contributed by atoms with van der Waals surface area (Å²) in [5.74, 6) is -0.0345. The lowest BCUT2D eigenvalue weighted by Crippen LogP contribution is -2.43. The number of hydrogen-bond acceptors (Lipinski definition) is 3. The second-order valence-corrected chi connectivity index (χ2v) is 6.60. The molecule has 4 nitrogen and oxygen atoms in total. The summed E-state index contributed by atoms with van der Waals surface area (Å²) in [5, 5.41) is 5.18. The molecule has 122 valence electrons. The van der Waals surface area contributed by atoms with Crippen LogP contribution in [0.4, 0.5) is 0 Å². The minimum Gasteiger partial charge on any atom is -0.424 e. The normalized spacial score (nSPS) is 16.8. The second-order valence-electron chi connectivity index (χ2n) is 5.76. The summed E-state index contributed by atoms with van der Waals surface area (Å²) in [4.78, 5) is 15.9. The largest absolute Gasteiger partial charge is 0.424 e. The Bertz CT molecular complexity index is 936. The molecule has 4 rings (SSSR count). The van der Waals surface area contributed by atoms with E-state index in [0.717, 1.165) is 22.2 Å². The number of esters is 1. The third kappa shape index (κ3) is 2.77. The fourth-order valence-corrected chi connectivity index (χ4v) is 3.49. The molecule has 2 N–H and O–H groups in total. The summed E-state index contributed by atoms with van der Waals surface area (Å²) in [6.07, 6.45) is 0.573. The number of ether oxygens (including phenoxy) is 1. The first-order chi connectivity index (χ1) is 11.6. The molecule has 1 aliphatic heterocycles. The van der Waals surface area contributed by atoms with Crippen molar-refractivity contribution in [3.8, 4) is 5.75 Å². The van der Waals surface area contributed by atoms with Gasteiger partial charge in [-0.1, -0.05) is 41.4 Å². The van der Waals surface area contributed by atoms with Gasteiger partial charge in [0.25, 0.3) is 0 Å². The molecule has 3 aromatic rings. The second kappa shape index (κ2) is 6.13. The molecule has 0 aliphatic carbocycles. The predicted octanol–water partition coefficient (Wildman–Crippen LogP) is 4.09. The fraction of sp³-hybridized carbons (Fsp3) is 0.167. The number of aromatic amines is 1. The van der Waals surface area contributed by atoms with E-state index in [4.69, 9.17) is 27.9 Å². The van der Waals surface area contributed by atoms with E-state index in [1.165, 1.54) is 0 Å². The molecule has 1 aliphatic rings. The number of carbonyl (C=O) groups excluding carboxylic acids is 1. The molecular formula is C18H14Cl2N2O2. The topological polar surface area (TPSA) is 54.1 Å². The minimum atomic E-state index is -0.413. The third-order valence-electron chi connectivity index (χ3n) is 4.22. The number of benzene rings is 2. The Morgan fingerprint density at radius 2 is 2.00 bits per heavy atom. The van der Waals surface area contributed by atoms with Crippen LogP contribution in [0, 0.1) is 0 Å². The maximum atomic E-state index is 12.5. The average Bonchev–Trinajstić information content (AvgIpc) is 2.95. The zero-order chi connectivity index (χ0) is 16.7. The van der Waals surface area contributed by atoms with Gasteiger partial charge in [-0.2, -0.15) is 0 Å². The Morgan fingerprint density at radius 1 is 1.17 bits per heavy atom. The van der Waals surface area contributed by atoms with Gasteiger partial charge in [-0.3, -0.25) is 5.32 Å². The predicted molar refractivity (Wildman–Crippen MR) is 94.7 cm³/mol. The molecule has 1 aromatic heterocycles. The van der Waals surface area contributed by atoms with Crippen molar-refractivity contribution < 1.29 is 9.53 Å². The quantitative estimate of drug-likeness (QED) is 0.534. The molecule has 1 atom stereocenters. The van der Waals surface area contributed by atoms with E-state index >= 15 is 0 Å². The smallest absolute Gasteiger partial charge is 0.328 e. The molecule has 0 radical (unpaired) electrons. The number of carbonyl (C=O) groups is 1. The monoisotopic (exact) mass is 360 g/mol. The molecule has 0 spiro atoms. The molecule has 0 bridgehead atoms. The van der Waals surface area contributed by atoms with Crippen molar-refractivity contribution in [3.63, 3.8) is 0 Å². The standard InChI is InChI=1S/C18H14Cl2N2O2/c19-10-5-6-17(13(20)7-10)24-18(23)15-8-12-11-3-1-2-4-14(11)22-16(12)9-21-15/h1-7,15,21-22H,8-9H2. The van der Waals surface area contributed by atoms with Crippen molar-refractivity contribution in [3.05, 3.63) is 63.8 Å². The number of rotatable bonds is 2. The number of para-hydroxylation sites is 1. The zero-order valence-corrected chi connectivity index (χ0v) is 14.1. The van der Waals surface area contributed by atoms with Crippen LogP contribution in [-0.2, 0) is 17.8 Å². The lowest BCUT2D eigenvalue weighted by Gasteiger charge is -2.22. The minimum absolute atomic E-state index is 0.317.